The van der Waals surface area contributed by atoms with E-state index in [-0.39, 0.29) is 0 Å². The molecule has 1 nitrogen and oxygen atoms in total. The molecule has 1 aliphatic carbocycles. The molecule has 0 atom stereocenters. The van der Waals surface area contributed by atoms with E-state index >= 15 is 0 Å². The summed E-state index contributed by atoms with van der Waals surface area (Å²) in [5.74, 6) is 0. The van der Waals surface area contributed by atoms with Gasteiger partial charge in [0.2, 0.25) is 0 Å². The van der Waals surface area contributed by atoms with E-state index in [1.54, 1.807) is 0 Å². The van der Waals surface area contributed by atoms with Crippen molar-refractivity contribution in [1.29, 1.82) is 0 Å². The maximum Gasteiger partial charge on any atom is 0.0385 e. The molecule has 0 spiro atoms. The summed E-state index contributed by atoms with van der Waals surface area (Å²) >= 11 is 0. The fourth-order valence-electron chi connectivity index (χ4n) is 0.822. The molecule has 0 aromatic carbocycles. The van der Waals surface area contributed by atoms with Gasteiger partial charge in [-0.3, -0.25) is 4.99 Å². The first-order chi connectivity index (χ1) is 4.43. The van der Waals surface area contributed by atoms with E-state index < -0.39 is 0 Å². The number of nitrogens with zero attached hydrogens (tertiary/aromatic N) is 1. The Labute approximate surface area is 55.8 Å². The molecular weight excluding hydrogens is 110 g/mol. The first-order valence-electron chi connectivity index (χ1n) is 3.30. The lowest BCUT2D eigenvalue weighted by atomic mass is 10.1. The van der Waals surface area contributed by atoms with Crippen molar-refractivity contribution in [3.05, 3.63) is 24.3 Å². The van der Waals surface area contributed by atoms with Crippen molar-refractivity contribution in [1.82, 2.24) is 0 Å². The fourth-order valence-corrected chi connectivity index (χ4v) is 0.822. The van der Waals surface area contributed by atoms with Gasteiger partial charge in [-0.25, -0.2) is 0 Å². The van der Waals surface area contributed by atoms with Crippen molar-refractivity contribution in [2.24, 2.45) is 4.99 Å². The van der Waals surface area contributed by atoms with E-state index in [4.69, 9.17) is 0 Å². The smallest absolute Gasteiger partial charge is 0.0385 e. The highest BCUT2D eigenvalue weighted by Crippen LogP contribution is 1.98. The molecule has 0 bridgehead atoms. The molecule has 0 fully saturated rings. The van der Waals surface area contributed by atoms with E-state index in [2.05, 4.69) is 30.1 Å². The third-order valence-electron chi connectivity index (χ3n) is 1.22. The van der Waals surface area contributed by atoms with Gasteiger partial charge in [-0.15, -0.1) is 0 Å². The Bertz CT molecular complexity index is 163. The van der Waals surface area contributed by atoms with Crippen LogP contribution in [0.25, 0.3) is 0 Å². The zero-order chi connectivity index (χ0) is 6.53. The molecular formula is C8H11N. The lowest BCUT2D eigenvalue weighted by Gasteiger charge is -1.97. The van der Waals surface area contributed by atoms with Gasteiger partial charge in [0.05, 0.1) is 0 Å². The van der Waals surface area contributed by atoms with Crippen molar-refractivity contribution < 1.29 is 0 Å². The molecule has 0 N–H and O–H groups in total. The van der Waals surface area contributed by atoms with Crippen molar-refractivity contribution in [2.45, 2.75) is 13.3 Å². The first kappa shape index (κ1) is 6.27. The highest BCUT2D eigenvalue weighted by Gasteiger charge is 1.91. The third kappa shape index (κ3) is 1.84. The SMILES string of the molecule is CC/N=C1\C=CC=CC1. The van der Waals surface area contributed by atoms with Crippen LogP contribution < -0.4 is 0 Å². The average molecular weight is 121 g/mol. The van der Waals surface area contributed by atoms with E-state index in [0.29, 0.717) is 0 Å². The van der Waals surface area contributed by atoms with Crippen molar-refractivity contribution in [3.8, 4) is 0 Å². The highest BCUT2D eigenvalue weighted by molar-refractivity contribution is 5.97. The molecule has 0 aromatic heterocycles. The van der Waals surface area contributed by atoms with Gasteiger partial charge < -0.3 is 0 Å². The molecule has 48 valence electrons. The summed E-state index contributed by atoms with van der Waals surface area (Å²) in [4.78, 5) is 4.26. The Balaban J connectivity index is 2.55. The van der Waals surface area contributed by atoms with Gasteiger partial charge in [-0.2, -0.15) is 0 Å². The molecule has 0 aliphatic heterocycles. The molecule has 0 amide bonds. The summed E-state index contributed by atoms with van der Waals surface area (Å²) < 4.78 is 0. The zero-order valence-corrected chi connectivity index (χ0v) is 5.67. The van der Waals surface area contributed by atoms with E-state index in [0.717, 1.165) is 13.0 Å². The zero-order valence-electron chi connectivity index (χ0n) is 5.67. The molecule has 0 heterocycles. The molecule has 0 radical (unpaired) electrons. The topological polar surface area (TPSA) is 12.4 Å². The first-order valence-corrected chi connectivity index (χ1v) is 3.30. The molecule has 0 saturated carbocycles. The number of rotatable bonds is 1. The Morgan fingerprint density at radius 1 is 1.56 bits per heavy atom. The quantitative estimate of drug-likeness (QED) is 0.503. The molecule has 9 heavy (non-hydrogen) atoms. The van der Waals surface area contributed by atoms with Crippen LogP contribution in [0.2, 0.25) is 0 Å². The average Bonchev–Trinajstić information content (AvgIpc) is 1.91. The van der Waals surface area contributed by atoms with Gasteiger partial charge >= 0.3 is 0 Å². The normalized spacial score (nSPS) is 21.2. The lowest BCUT2D eigenvalue weighted by Crippen LogP contribution is -1.94. The molecule has 0 unspecified atom stereocenters. The van der Waals surface area contributed by atoms with E-state index in [1.807, 2.05) is 6.08 Å². The van der Waals surface area contributed by atoms with Crippen LogP contribution in [-0.2, 0) is 0 Å². The summed E-state index contributed by atoms with van der Waals surface area (Å²) in [6.07, 6.45) is 9.26. The molecule has 1 rings (SSSR count). The second kappa shape index (κ2) is 3.23. The van der Waals surface area contributed by atoms with Gasteiger partial charge in [-0.05, 0) is 13.0 Å². The molecule has 0 aromatic rings. The third-order valence-corrected chi connectivity index (χ3v) is 1.22. The largest absolute Gasteiger partial charge is 0.290 e. The summed E-state index contributed by atoms with van der Waals surface area (Å²) in [7, 11) is 0. The van der Waals surface area contributed by atoms with Crippen LogP contribution in [-0.4, -0.2) is 12.3 Å². The van der Waals surface area contributed by atoms with E-state index in [9.17, 15) is 0 Å². The second-order valence-corrected chi connectivity index (χ2v) is 1.96. The van der Waals surface area contributed by atoms with Crippen LogP contribution in [0.1, 0.15) is 13.3 Å². The lowest BCUT2D eigenvalue weighted by molar-refractivity contribution is 1.12. The Kier molecular flexibility index (Phi) is 2.25. The minimum absolute atomic E-state index is 0.896. The molecule has 1 heteroatoms. The van der Waals surface area contributed by atoms with Crippen LogP contribution in [0.4, 0.5) is 0 Å². The highest BCUT2D eigenvalue weighted by atomic mass is 14.7. The summed E-state index contributed by atoms with van der Waals surface area (Å²) in [6, 6.07) is 0. The Hall–Kier alpha value is -0.850. The summed E-state index contributed by atoms with van der Waals surface area (Å²) in [5, 5.41) is 0. The van der Waals surface area contributed by atoms with Crippen LogP contribution in [0.3, 0.4) is 0 Å². The van der Waals surface area contributed by atoms with Crippen LogP contribution in [0, 0.1) is 0 Å². The van der Waals surface area contributed by atoms with Crippen LogP contribution in [0.5, 0.6) is 0 Å². The standard InChI is InChI=1S/C8H11N/c1-2-9-8-6-4-3-5-7-8/h3-6H,2,7H2,1H3/b9-8+. The van der Waals surface area contributed by atoms with Crippen molar-refractivity contribution in [3.63, 3.8) is 0 Å². The van der Waals surface area contributed by atoms with E-state index in [1.165, 1.54) is 5.71 Å². The summed E-state index contributed by atoms with van der Waals surface area (Å²) in [5.41, 5.74) is 1.19. The second-order valence-electron chi connectivity index (χ2n) is 1.96. The predicted molar refractivity (Wildman–Crippen MR) is 40.9 cm³/mol. The molecule has 0 saturated heterocycles. The van der Waals surface area contributed by atoms with Gasteiger partial charge in [0.25, 0.3) is 0 Å². The Morgan fingerprint density at radius 2 is 2.44 bits per heavy atom. The minimum atomic E-state index is 0.896. The monoisotopic (exact) mass is 121 g/mol. The van der Waals surface area contributed by atoms with Gasteiger partial charge in [-0.1, -0.05) is 18.2 Å². The fraction of sp³-hybridized carbons (Fsp3) is 0.375. The van der Waals surface area contributed by atoms with Crippen molar-refractivity contribution >= 4 is 5.71 Å². The number of allylic oxidation sites excluding steroid dienone is 4. The number of hydrogen-bond donors (Lipinski definition) is 0. The maximum absolute atomic E-state index is 4.26. The van der Waals surface area contributed by atoms with Gasteiger partial charge in [0.15, 0.2) is 0 Å². The van der Waals surface area contributed by atoms with Gasteiger partial charge in [0, 0.05) is 18.7 Å². The number of hydrogen-bond acceptors (Lipinski definition) is 1. The summed E-state index contributed by atoms with van der Waals surface area (Å²) in [6.45, 7) is 2.95. The van der Waals surface area contributed by atoms with Crippen LogP contribution >= 0.6 is 0 Å². The predicted octanol–water partition coefficient (Wildman–Crippen LogP) is 1.96. The minimum Gasteiger partial charge on any atom is -0.290 e. The number of aliphatic imine (C=N–C) groups is 1. The van der Waals surface area contributed by atoms with Crippen LogP contribution in [0.15, 0.2) is 29.3 Å². The van der Waals surface area contributed by atoms with Crippen molar-refractivity contribution in [2.75, 3.05) is 6.54 Å². The maximum atomic E-state index is 4.26. The van der Waals surface area contributed by atoms with Gasteiger partial charge in [0.1, 0.15) is 0 Å². The molecule has 1 aliphatic rings. The Morgan fingerprint density at radius 3 is 3.00 bits per heavy atom.